The third-order valence-corrected chi connectivity index (χ3v) is 5.97. The van der Waals surface area contributed by atoms with Crippen LogP contribution in [0.5, 0.6) is 0 Å². The minimum absolute atomic E-state index is 0.0648. The zero-order valence-electron chi connectivity index (χ0n) is 17.8. The maximum Gasteiger partial charge on any atom is 0.454 e. The highest BCUT2D eigenvalue weighted by Gasteiger charge is 2.48. The minimum Gasteiger partial charge on any atom is -0.403 e. The van der Waals surface area contributed by atoms with Gasteiger partial charge in [-0.2, -0.15) is 0 Å². The predicted octanol–water partition coefficient (Wildman–Crippen LogP) is 6.49. The molecule has 0 radical (unpaired) electrons. The second-order valence-corrected chi connectivity index (χ2v) is 8.53. The Morgan fingerprint density at radius 3 is 1.45 bits per heavy atom. The average Bonchev–Trinajstić information content (AvgIpc) is 3.12. The van der Waals surface area contributed by atoms with Gasteiger partial charge in [-0.1, -0.05) is 54.6 Å². The van der Waals surface area contributed by atoms with Crippen LogP contribution in [0.4, 0.5) is 0 Å². The summed E-state index contributed by atoms with van der Waals surface area (Å²) in [6.07, 6.45) is 0. The molecule has 1 aliphatic heterocycles. The number of hydrogen-bond acceptors (Lipinski definition) is 2. The fraction of sp³-hybridized carbons (Fsp3) is 0.280. The Labute approximate surface area is 173 Å². The van der Waals surface area contributed by atoms with Crippen molar-refractivity contribution in [3.63, 3.8) is 0 Å². The summed E-state index contributed by atoms with van der Waals surface area (Å²) in [6, 6.07) is 27.7. The monoisotopic (exact) mass is 385 g/mol. The van der Waals surface area contributed by atoms with Crippen LogP contribution in [0, 0.1) is 0 Å². The summed E-state index contributed by atoms with van der Waals surface area (Å²) in [4.78, 5) is 0. The van der Waals surface area contributed by atoms with E-state index in [-0.39, 0.29) is 18.3 Å². The second kappa shape index (κ2) is 7.36. The van der Waals surface area contributed by atoms with Crippen LogP contribution in [-0.2, 0) is 9.31 Å². The number of para-hydroxylation sites is 3. The van der Waals surface area contributed by atoms with E-state index in [1.165, 1.54) is 27.5 Å². The number of rotatable bonds is 1. The van der Waals surface area contributed by atoms with Crippen molar-refractivity contribution in [2.24, 2.45) is 0 Å². The van der Waals surface area contributed by atoms with Gasteiger partial charge in [-0.3, -0.25) is 0 Å². The van der Waals surface area contributed by atoms with Crippen LogP contribution >= 0.6 is 0 Å². The molecular formula is C25H28BNO2. The molecule has 0 amide bonds. The van der Waals surface area contributed by atoms with E-state index in [9.17, 15) is 0 Å². The van der Waals surface area contributed by atoms with Crippen molar-refractivity contribution in [1.29, 1.82) is 0 Å². The molecule has 1 saturated heterocycles. The number of benzene rings is 3. The zero-order chi connectivity index (χ0) is 20.6. The topological polar surface area (TPSA) is 23.4 Å². The summed E-state index contributed by atoms with van der Waals surface area (Å²) in [5.74, 6) is 0. The minimum atomic E-state index is -0.160. The van der Waals surface area contributed by atoms with Gasteiger partial charge in [0.15, 0.2) is 0 Å². The lowest BCUT2D eigenvalue weighted by Crippen LogP contribution is -2.41. The summed E-state index contributed by atoms with van der Waals surface area (Å²) < 4.78 is 13.4. The third kappa shape index (κ3) is 3.59. The maximum absolute atomic E-state index is 5.54. The van der Waals surface area contributed by atoms with Crippen LogP contribution in [0.1, 0.15) is 27.7 Å². The van der Waals surface area contributed by atoms with Crippen molar-refractivity contribution < 1.29 is 9.31 Å². The lowest BCUT2D eigenvalue weighted by molar-refractivity contribution is 0.00578. The van der Waals surface area contributed by atoms with Crippen LogP contribution in [0.2, 0.25) is 6.82 Å². The summed E-state index contributed by atoms with van der Waals surface area (Å²) in [5, 5.41) is 2.61. The maximum atomic E-state index is 5.54. The molecule has 1 aromatic heterocycles. The quantitative estimate of drug-likeness (QED) is 0.350. The Morgan fingerprint density at radius 2 is 1.03 bits per heavy atom. The molecule has 0 unspecified atom stereocenters. The molecule has 1 fully saturated rings. The molecule has 0 aliphatic carbocycles. The normalized spacial score (nSPS) is 17.3. The van der Waals surface area contributed by atoms with Crippen LogP contribution < -0.4 is 0 Å². The van der Waals surface area contributed by atoms with Gasteiger partial charge in [0, 0.05) is 16.5 Å². The van der Waals surface area contributed by atoms with E-state index in [1.807, 2.05) is 6.82 Å². The molecule has 1 aliphatic rings. The van der Waals surface area contributed by atoms with Gasteiger partial charge in [-0.25, -0.2) is 0 Å². The first-order valence-electron chi connectivity index (χ1n) is 10.2. The smallest absolute Gasteiger partial charge is 0.403 e. The summed E-state index contributed by atoms with van der Waals surface area (Å²) >= 11 is 0. The van der Waals surface area contributed by atoms with Gasteiger partial charge in [0.25, 0.3) is 0 Å². The lowest BCUT2D eigenvalue weighted by Gasteiger charge is -2.32. The Hall–Kier alpha value is -2.56. The molecule has 0 spiro atoms. The van der Waals surface area contributed by atoms with Crippen molar-refractivity contribution in [1.82, 2.24) is 4.57 Å². The molecule has 2 heterocycles. The van der Waals surface area contributed by atoms with Gasteiger partial charge in [0.1, 0.15) is 0 Å². The molecule has 3 aromatic carbocycles. The van der Waals surface area contributed by atoms with Crippen molar-refractivity contribution in [2.45, 2.75) is 45.7 Å². The van der Waals surface area contributed by atoms with Crippen LogP contribution in [0.15, 0.2) is 78.9 Å². The van der Waals surface area contributed by atoms with Crippen molar-refractivity contribution in [2.75, 3.05) is 0 Å². The van der Waals surface area contributed by atoms with E-state index < -0.39 is 0 Å². The highest BCUT2D eigenvalue weighted by atomic mass is 16.7. The molecule has 29 heavy (non-hydrogen) atoms. The molecule has 4 aromatic rings. The zero-order valence-corrected chi connectivity index (χ0v) is 17.8. The molecule has 148 valence electrons. The number of hydrogen-bond donors (Lipinski definition) is 0. The van der Waals surface area contributed by atoms with E-state index in [0.717, 1.165) is 0 Å². The van der Waals surface area contributed by atoms with Gasteiger partial charge >= 0.3 is 7.12 Å². The van der Waals surface area contributed by atoms with Gasteiger partial charge in [0.05, 0.1) is 22.2 Å². The van der Waals surface area contributed by atoms with E-state index in [2.05, 4.69) is 111 Å². The van der Waals surface area contributed by atoms with E-state index in [4.69, 9.17) is 9.31 Å². The van der Waals surface area contributed by atoms with Crippen LogP contribution in [0.25, 0.3) is 27.5 Å². The Bertz CT molecular complexity index is 1060. The Kier molecular flexibility index (Phi) is 5.01. The molecule has 3 nitrogen and oxygen atoms in total. The molecule has 0 atom stereocenters. The summed E-state index contributed by atoms with van der Waals surface area (Å²) in [7, 11) is -0.0648. The largest absolute Gasteiger partial charge is 0.454 e. The first-order chi connectivity index (χ1) is 13.8. The SMILES string of the molecule is CB1OC(C)(C)C(C)(C)O1.c1ccc(-n2c3ccccc3c3ccccc32)cc1. The van der Waals surface area contributed by atoms with Crippen molar-refractivity contribution in [3.05, 3.63) is 78.9 Å². The molecule has 0 saturated carbocycles. The van der Waals surface area contributed by atoms with Gasteiger partial charge < -0.3 is 13.9 Å². The second-order valence-electron chi connectivity index (χ2n) is 8.53. The fourth-order valence-electron chi connectivity index (χ4n) is 3.92. The average molecular weight is 385 g/mol. The fourth-order valence-corrected chi connectivity index (χ4v) is 3.92. The van der Waals surface area contributed by atoms with Gasteiger partial charge in [0.2, 0.25) is 0 Å². The van der Waals surface area contributed by atoms with E-state index in [1.54, 1.807) is 0 Å². The molecular weight excluding hydrogens is 357 g/mol. The third-order valence-electron chi connectivity index (χ3n) is 5.97. The Balaban J connectivity index is 0.000000174. The van der Waals surface area contributed by atoms with Gasteiger partial charge in [-0.15, -0.1) is 0 Å². The number of nitrogens with zero attached hydrogens (tertiary/aromatic N) is 1. The van der Waals surface area contributed by atoms with E-state index in [0.29, 0.717) is 0 Å². The standard InChI is InChI=1S/C18H13N.C7H15BO2/c1-2-8-14(9-3-1)19-17-12-6-4-10-15(17)16-11-5-7-13-18(16)19;1-6(2)7(3,4)10-8(5)9-6/h1-13H;1-5H3. The predicted molar refractivity (Wildman–Crippen MR) is 123 cm³/mol. The van der Waals surface area contributed by atoms with Crippen LogP contribution in [-0.4, -0.2) is 22.9 Å². The van der Waals surface area contributed by atoms with E-state index >= 15 is 0 Å². The Morgan fingerprint density at radius 1 is 0.621 bits per heavy atom. The van der Waals surface area contributed by atoms with Gasteiger partial charge in [-0.05, 0) is 58.8 Å². The summed E-state index contributed by atoms with van der Waals surface area (Å²) in [6.45, 7) is 10.1. The van der Waals surface area contributed by atoms with Crippen molar-refractivity contribution in [3.8, 4) is 5.69 Å². The highest BCUT2D eigenvalue weighted by molar-refractivity contribution is 6.43. The first-order valence-corrected chi connectivity index (χ1v) is 10.2. The molecule has 0 N–H and O–H groups in total. The first kappa shape index (κ1) is 19.7. The van der Waals surface area contributed by atoms with Crippen molar-refractivity contribution >= 4 is 28.9 Å². The highest BCUT2D eigenvalue weighted by Crippen LogP contribution is 2.36. The molecule has 5 rings (SSSR count). The van der Waals surface area contributed by atoms with Crippen LogP contribution in [0.3, 0.4) is 0 Å². The number of fused-ring (bicyclic) bond motifs is 3. The number of aromatic nitrogens is 1. The molecule has 4 heteroatoms. The summed E-state index contributed by atoms with van der Waals surface area (Å²) in [5.41, 5.74) is 3.41. The molecule has 0 bridgehead atoms. The lowest BCUT2D eigenvalue weighted by atomic mass is 9.90.